The second-order valence-corrected chi connectivity index (χ2v) is 5.37. The van der Waals surface area contributed by atoms with Crippen molar-refractivity contribution in [1.82, 2.24) is 0 Å². The van der Waals surface area contributed by atoms with E-state index in [4.69, 9.17) is 5.11 Å². The van der Waals surface area contributed by atoms with Crippen LogP contribution in [-0.2, 0) is 4.79 Å². The maximum atomic E-state index is 12.1. The zero-order chi connectivity index (χ0) is 16.1. The molecule has 5 heteroatoms. The van der Waals surface area contributed by atoms with E-state index >= 15 is 0 Å². The average Bonchev–Trinajstić information content (AvgIpc) is 2.53. The van der Waals surface area contributed by atoms with Gasteiger partial charge >= 0.3 is 5.97 Å². The maximum Gasteiger partial charge on any atom is 0.328 e. The highest BCUT2D eigenvalue weighted by Gasteiger charge is 2.17. The fourth-order valence-corrected chi connectivity index (χ4v) is 2.04. The molecule has 2 aromatic carbocycles. The van der Waals surface area contributed by atoms with Crippen molar-refractivity contribution in [1.29, 1.82) is 0 Å². The molecule has 2 aromatic rings. The van der Waals surface area contributed by atoms with E-state index in [2.05, 4.69) is 15.9 Å². The first-order valence-electron chi connectivity index (χ1n) is 6.33. The predicted molar refractivity (Wildman–Crippen MR) is 85.9 cm³/mol. The van der Waals surface area contributed by atoms with Gasteiger partial charge in [-0.15, -0.1) is 0 Å². The minimum absolute atomic E-state index is 0.264. The quantitative estimate of drug-likeness (QED) is 0.503. The van der Waals surface area contributed by atoms with Gasteiger partial charge in [0.2, 0.25) is 11.6 Å². The first kappa shape index (κ1) is 15.9. The minimum atomic E-state index is -1.05. The topological polar surface area (TPSA) is 71.4 Å². The van der Waals surface area contributed by atoms with Gasteiger partial charge in [0.15, 0.2) is 0 Å². The van der Waals surface area contributed by atoms with Crippen molar-refractivity contribution in [2.45, 2.75) is 0 Å². The van der Waals surface area contributed by atoms with E-state index < -0.39 is 17.5 Å². The summed E-state index contributed by atoms with van der Waals surface area (Å²) in [5, 5.41) is 8.55. The third-order valence-corrected chi connectivity index (χ3v) is 3.43. The van der Waals surface area contributed by atoms with Gasteiger partial charge in [-0.3, -0.25) is 9.59 Å². The standard InChI is InChI=1S/C17H11BrO4/c18-14-8-6-13(7-9-14)17(22)16(21)12-4-1-11(2-5-12)3-10-15(19)20/h1-10H,(H,19,20). The van der Waals surface area contributed by atoms with Gasteiger partial charge in [0.1, 0.15) is 0 Å². The number of rotatable bonds is 5. The summed E-state index contributed by atoms with van der Waals surface area (Å²) < 4.78 is 0.825. The number of hydrogen-bond acceptors (Lipinski definition) is 3. The number of carbonyl (C=O) groups excluding carboxylic acids is 2. The molecule has 0 radical (unpaired) electrons. The Morgan fingerprint density at radius 3 is 1.73 bits per heavy atom. The number of carboxylic acid groups (broad SMARTS) is 1. The lowest BCUT2D eigenvalue weighted by atomic mass is 10.0. The molecule has 0 spiro atoms. The highest BCUT2D eigenvalue weighted by atomic mass is 79.9. The van der Waals surface area contributed by atoms with Crippen LogP contribution in [0.4, 0.5) is 0 Å². The molecule has 0 aliphatic rings. The third kappa shape index (κ3) is 3.99. The fraction of sp³-hybridized carbons (Fsp3) is 0. The van der Waals surface area contributed by atoms with E-state index in [-0.39, 0.29) is 5.56 Å². The van der Waals surface area contributed by atoms with Crippen LogP contribution in [0.5, 0.6) is 0 Å². The Morgan fingerprint density at radius 2 is 1.27 bits per heavy atom. The van der Waals surface area contributed by atoms with Gasteiger partial charge < -0.3 is 5.11 Å². The van der Waals surface area contributed by atoms with E-state index in [1.807, 2.05) is 0 Å². The summed E-state index contributed by atoms with van der Waals surface area (Å²) in [5.41, 5.74) is 1.22. The van der Waals surface area contributed by atoms with E-state index in [0.717, 1.165) is 10.5 Å². The predicted octanol–water partition coefficient (Wildman–Crippen LogP) is 3.61. The van der Waals surface area contributed by atoms with Crippen LogP contribution in [0.25, 0.3) is 6.08 Å². The van der Waals surface area contributed by atoms with Gasteiger partial charge in [-0.1, -0.05) is 40.2 Å². The lowest BCUT2D eigenvalue weighted by Crippen LogP contribution is -2.14. The van der Waals surface area contributed by atoms with Crippen molar-refractivity contribution in [2.24, 2.45) is 0 Å². The Bertz CT molecular complexity index is 743. The van der Waals surface area contributed by atoms with Gasteiger partial charge in [0.05, 0.1) is 0 Å². The van der Waals surface area contributed by atoms with E-state index in [1.165, 1.54) is 18.2 Å². The molecular weight excluding hydrogens is 348 g/mol. The van der Waals surface area contributed by atoms with Crippen molar-refractivity contribution in [2.75, 3.05) is 0 Å². The number of ketones is 2. The number of Topliss-reactive ketones (excluding diaryl/α,β-unsaturated/α-hetero) is 2. The van der Waals surface area contributed by atoms with Gasteiger partial charge in [0, 0.05) is 21.7 Å². The summed E-state index contributed by atoms with van der Waals surface area (Å²) in [5.74, 6) is -2.23. The highest BCUT2D eigenvalue weighted by Crippen LogP contribution is 2.14. The Labute approximate surface area is 135 Å². The summed E-state index contributed by atoms with van der Waals surface area (Å²) in [6.07, 6.45) is 2.41. The molecule has 2 rings (SSSR count). The van der Waals surface area contributed by atoms with Crippen LogP contribution in [-0.4, -0.2) is 22.6 Å². The van der Waals surface area contributed by atoms with Crippen LogP contribution in [0.3, 0.4) is 0 Å². The van der Waals surface area contributed by atoms with Crippen LogP contribution in [0.2, 0.25) is 0 Å². The van der Waals surface area contributed by atoms with Crippen molar-refractivity contribution in [3.63, 3.8) is 0 Å². The van der Waals surface area contributed by atoms with Crippen molar-refractivity contribution >= 4 is 39.5 Å². The molecule has 0 heterocycles. The number of carboxylic acids is 1. The van der Waals surface area contributed by atoms with Crippen molar-refractivity contribution < 1.29 is 19.5 Å². The monoisotopic (exact) mass is 358 g/mol. The van der Waals surface area contributed by atoms with Gasteiger partial charge in [-0.05, 0) is 35.9 Å². The SMILES string of the molecule is O=C(O)C=Cc1ccc(C(=O)C(=O)c2ccc(Br)cc2)cc1. The first-order chi connectivity index (χ1) is 10.5. The van der Waals surface area contributed by atoms with Crippen molar-refractivity contribution in [3.8, 4) is 0 Å². The maximum absolute atomic E-state index is 12.1. The van der Waals surface area contributed by atoms with Crippen LogP contribution in [0.15, 0.2) is 59.1 Å². The second-order valence-electron chi connectivity index (χ2n) is 4.46. The molecule has 0 amide bonds. The number of halogens is 1. The Hall–Kier alpha value is -2.53. The lowest BCUT2D eigenvalue weighted by molar-refractivity contribution is -0.131. The number of aliphatic carboxylic acids is 1. The zero-order valence-electron chi connectivity index (χ0n) is 11.3. The Kier molecular flexibility index (Phi) is 5.01. The first-order valence-corrected chi connectivity index (χ1v) is 7.12. The molecular formula is C17H11BrO4. The Balaban J connectivity index is 2.17. The molecule has 0 aliphatic heterocycles. The largest absolute Gasteiger partial charge is 0.478 e. The second kappa shape index (κ2) is 6.95. The summed E-state index contributed by atoms with van der Waals surface area (Å²) >= 11 is 3.26. The molecule has 0 aromatic heterocycles. The molecule has 0 fully saturated rings. The molecule has 0 saturated carbocycles. The van der Waals surface area contributed by atoms with Crippen LogP contribution >= 0.6 is 15.9 Å². The third-order valence-electron chi connectivity index (χ3n) is 2.90. The van der Waals surface area contributed by atoms with E-state index in [1.54, 1.807) is 36.4 Å². The lowest BCUT2D eigenvalue weighted by Gasteiger charge is -2.02. The van der Waals surface area contributed by atoms with Crippen LogP contribution in [0, 0.1) is 0 Å². The molecule has 0 unspecified atom stereocenters. The number of hydrogen-bond donors (Lipinski definition) is 1. The zero-order valence-corrected chi connectivity index (χ0v) is 12.9. The highest BCUT2D eigenvalue weighted by molar-refractivity contribution is 9.10. The van der Waals surface area contributed by atoms with E-state index in [0.29, 0.717) is 11.1 Å². The average molecular weight is 359 g/mol. The molecule has 0 bridgehead atoms. The summed E-state index contributed by atoms with van der Waals surface area (Å²) in [6, 6.07) is 12.7. The van der Waals surface area contributed by atoms with E-state index in [9.17, 15) is 14.4 Å². The normalized spacial score (nSPS) is 10.6. The summed E-state index contributed by atoms with van der Waals surface area (Å²) in [4.78, 5) is 34.7. The minimum Gasteiger partial charge on any atom is -0.478 e. The molecule has 0 saturated heterocycles. The van der Waals surface area contributed by atoms with Crippen LogP contribution in [0.1, 0.15) is 26.3 Å². The molecule has 4 nitrogen and oxygen atoms in total. The fourth-order valence-electron chi connectivity index (χ4n) is 1.78. The molecule has 0 atom stereocenters. The van der Waals surface area contributed by atoms with Gasteiger partial charge in [-0.25, -0.2) is 4.79 Å². The smallest absolute Gasteiger partial charge is 0.328 e. The van der Waals surface area contributed by atoms with Crippen LogP contribution < -0.4 is 0 Å². The number of benzene rings is 2. The van der Waals surface area contributed by atoms with Gasteiger partial charge in [-0.2, -0.15) is 0 Å². The Morgan fingerprint density at radius 1 is 0.818 bits per heavy atom. The van der Waals surface area contributed by atoms with Gasteiger partial charge in [0.25, 0.3) is 0 Å². The number of carbonyl (C=O) groups is 3. The molecule has 22 heavy (non-hydrogen) atoms. The summed E-state index contributed by atoms with van der Waals surface area (Å²) in [7, 11) is 0. The molecule has 110 valence electrons. The summed E-state index contributed by atoms with van der Waals surface area (Å²) in [6.45, 7) is 0. The van der Waals surface area contributed by atoms with Crippen molar-refractivity contribution in [3.05, 3.63) is 75.8 Å². The molecule has 0 aliphatic carbocycles. The molecule has 1 N–H and O–H groups in total.